The molecular weight excluding hydrogens is 192 g/mol. The monoisotopic (exact) mass is 208 g/mol. The Kier molecular flexibility index (Phi) is 2.88. The van der Waals surface area contributed by atoms with Crippen LogP contribution >= 0.6 is 0 Å². The molecule has 0 amide bonds. The minimum atomic E-state index is -0.0750. The molecule has 0 aromatic carbocycles. The van der Waals surface area contributed by atoms with E-state index < -0.39 is 0 Å². The number of rotatable bonds is 2. The van der Waals surface area contributed by atoms with Crippen LogP contribution in [0, 0.1) is 6.92 Å². The molecule has 0 saturated carbocycles. The largest absolute Gasteiger partial charge is 0.506 e. The summed E-state index contributed by atoms with van der Waals surface area (Å²) in [6, 6.07) is 0.161. The molecular formula is C11H16N2O2. The number of hydrogen-bond donors (Lipinski definition) is 3. The number of nitrogens with one attached hydrogen (secondary N) is 1. The molecule has 1 saturated heterocycles. The lowest BCUT2D eigenvalue weighted by Crippen LogP contribution is -2.15. The second-order valence-corrected chi connectivity index (χ2v) is 3.94. The molecule has 1 aliphatic heterocycles. The molecule has 4 heteroatoms. The van der Waals surface area contributed by atoms with Crippen LogP contribution in [0.2, 0.25) is 0 Å². The fraction of sp³-hybridized carbons (Fsp3) is 0.545. The first-order chi connectivity index (χ1) is 7.24. The number of nitrogens with zero attached hydrogens (tertiary/aromatic N) is 1. The van der Waals surface area contributed by atoms with Crippen molar-refractivity contribution in [3.63, 3.8) is 0 Å². The fourth-order valence-electron chi connectivity index (χ4n) is 2.10. The van der Waals surface area contributed by atoms with E-state index in [9.17, 15) is 10.2 Å². The lowest BCUT2D eigenvalue weighted by Gasteiger charge is -2.17. The highest BCUT2D eigenvalue weighted by Gasteiger charge is 2.23. The standard InChI is InChI=1S/C11H16N2O2/c1-7-11(15)10(8(6-14)5-13-7)9-3-2-4-12-9/h5,9,12,14-15H,2-4,6H2,1H3/t9-/m1/s1. The number of pyridine rings is 1. The predicted molar refractivity (Wildman–Crippen MR) is 56.5 cm³/mol. The molecule has 0 unspecified atom stereocenters. The highest BCUT2D eigenvalue weighted by atomic mass is 16.3. The van der Waals surface area contributed by atoms with E-state index in [-0.39, 0.29) is 18.4 Å². The molecule has 3 N–H and O–H groups in total. The number of aliphatic hydroxyl groups excluding tert-OH is 1. The van der Waals surface area contributed by atoms with Crippen LogP contribution in [-0.2, 0) is 6.61 Å². The van der Waals surface area contributed by atoms with Gasteiger partial charge < -0.3 is 15.5 Å². The van der Waals surface area contributed by atoms with Gasteiger partial charge in [-0.3, -0.25) is 4.98 Å². The summed E-state index contributed by atoms with van der Waals surface area (Å²) in [4.78, 5) is 4.04. The van der Waals surface area contributed by atoms with Crippen LogP contribution in [0.4, 0.5) is 0 Å². The van der Waals surface area contributed by atoms with E-state index >= 15 is 0 Å². The lowest BCUT2D eigenvalue weighted by atomic mass is 9.99. The zero-order valence-electron chi connectivity index (χ0n) is 8.82. The molecule has 1 atom stereocenters. The molecule has 0 bridgehead atoms. The summed E-state index contributed by atoms with van der Waals surface area (Å²) in [7, 11) is 0. The number of aryl methyl sites for hydroxylation is 1. The Bertz CT molecular complexity index is 360. The predicted octanol–water partition coefficient (Wildman–Crippen LogP) is 1.01. The Hall–Kier alpha value is -1.13. The molecule has 15 heavy (non-hydrogen) atoms. The van der Waals surface area contributed by atoms with Gasteiger partial charge in [-0.1, -0.05) is 0 Å². The maximum atomic E-state index is 9.96. The van der Waals surface area contributed by atoms with Crippen LogP contribution in [0.5, 0.6) is 5.75 Å². The maximum Gasteiger partial charge on any atom is 0.141 e. The quantitative estimate of drug-likeness (QED) is 0.678. The van der Waals surface area contributed by atoms with Crippen molar-refractivity contribution >= 4 is 0 Å². The van der Waals surface area contributed by atoms with Gasteiger partial charge in [-0.2, -0.15) is 0 Å². The Morgan fingerprint density at radius 3 is 3.00 bits per heavy atom. The molecule has 1 aliphatic rings. The number of aromatic nitrogens is 1. The molecule has 82 valence electrons. The smallest absolute Gasteiger partial charge is 0.141 e. The van der Waals surface area contributed by atoms with Crippen molar-refractivity contribution in [3.8, 4) is 5.75 Å². The average molecular weight is 208 g/mol. The number of aliphatic hydroxyl groups is 1. The fourth-order valence-corrected chi connectivity index (χ4v) is 2.10. The molecule has 2 heterocycles. The van der Waals surface area contributed by atoms with Gasteiger partial charge in [0, 0.05) is 23.4 Å². The average Bonchev–Trinajstić information content (AvgIpc) is 2.75. The Balaban J connectivity index is 2.45. The third-order valence-corrected chi connectivity index (χ3v) is 2.94. The van der Waals surface area contributed by atoms with Crippen molar-refractivity contribution in [1.82, 2.24) is 10.3 Å². The van der Waals surface area contributed by atoms with E-state index in [0.29, 0.717) is 5.69 Å². The highest BCUT2D eigenvalue weighted by Crippen LogP contribution is 2.34. The second kappa shape index (κ2) is 4.16. The van der Waals surface area contributed by atoms with E-state index in [1.54, 1.807) is 13.1 Å². The molecule has 2 rings (SSSR count). The van der Waals surface area contributed by atoms with Crippen molar-refractivity contribution in [2.75, 3.05) is 6.54 Å². The molecule has 1 aromatic rings. The normalized spacial score (nSPS) is 20.8. The van der Waals surface area contributed by atoms with Gasteiger partial charge in [-0.05, 0) is 26.3 Å². The Morgan fingerprint density at radius 2 is 2.40 bits per heavy atom. The van der Waals surface area contributed by atoms with Gasteiger partial charge in [0.25, 0.3) is 0 Å². The van der Waals surface area contributed by atoms with E-state index in [4.69, 9.17) is 0 Å². The summed E-state index contributed by atoms with van der Waals surface area (Å²) in [5.74, 6) is 0.223. The first-order valence-electron chi connectivity index (χ1n) is 5.25. The third-order valence-electron chi connectivity index (χ3n) is 2.94. The minimum absolute atomic E-state index is 0.0750. The SMILES string of the molecule is Cc1ncc(CO)c([C@H]2CCCN2)c1O. The minimum Gasteiger partial charge on any atom is -0.506 e. The van der Waals surface area contributed by atoms with Crippen molar-refractivity contribution in [2.45, 2.75) is 32.4 Å². The van der Waals surface area contributed by atoms with Gasteiger partial charge in [0.05, 0.1) is 12.3 Å². The zero-order chi connectivity index (χ0) is 10.8. The molecule has 0 radical (unpaired) electrons. The summed E-state index contributed by atoms with van der Waals surface area (Å²) < 4.78 is 0. The van der Waals surface area contributed by atoms with Crippen LogP contribution in [0.3, 0.4) is 0 Å². The molecule has 0 spiro atoms. The summed E-state index contributed by atoms with van der Waals surface area (Å²) in [6.45, 7) is 2.67. The van der Waals surface area contributed by atoms with Crippen LogP contribution in [0.15, 0.2) is 6.20 Å². The van der Waals surface area contributed by atoms with Gasteiger partial charge in [0.2, 0.25) is 0 Å². The number of hydrogen-bond acceptors (Lipinski definition) is 4. The lowest BCUT2D eigenvalue weighted by molar-refractivity contribution is 0.277. The van der Waals surface area contributed by atoms with Crippen LogP contribution in [0.25, 0.3) is 0 Å². The summed E-state index contributed by atoms with van der Waals surface area (Å²) in [5, 5.41) is 22.5. The summed E-state index contributed by atoms with van der Waals surface area (Å²) in [5.41, 5.74) is 2.16. The first-order valence-corrected chi connectivity index (χ1v) is 5.25. The Morgan fingerprint density at radius 1 is 1.60 bits per heavy atom. The van der Waals surface area contributed by atoms with Crippen molar-refractivity contribution in [3.05, 3.63) is 23.0 Å². The van der Waals surface area contributed by atoms with Gasteiger partial charge >= 0.3 is 0 Å². The van der Waals surface area contributed by atoms with Crippen LogP contribution in [-0.4, -0.2) is 21.7 Å². The zero-order valence-corrected chi connectivity index (χ0v) is 8.82. The summed E-state index contributed by atoms with van der Waals surface area (Å²) >= 11 is 0. The highest BCUT2D eigenvalue weighted by molar-refractivity contribution is 5.43. The second-order valence-electron chi connectivity index (χ2n) is 3.94. The maximum absolute atomic E-state index is 9.96. The van der Waals surface area contributed by atoms with Crippen molar-refractivity contribution in [1.29, 1.82) is 0 Å². The molecule has 4 nitrogen and oxygen atoms in total. The van der Waals surface area contributed by atoms with Gasteiger partial charge in [-0.25, -0.2) is 0 Å². The Labute approximate surface area is 89.0 Å². The third kappa shape index (κ3) is 1.82. The van der Waals surface area contributed by atoms with Gasteiger partial charge in [-0.15, -0.1) is 0 Å². The van der Waals surface area contributed by atoms with E-state index in [0.717, 1.165) is 30.5 Å². The van der Waals surface area contributed by atoms with E-state index in [2.05, 4.69) is 10.3 Å². The van der Waals surface area contributed by atoms with Crippen LogP contribution < -0.4 is 5.32 Å². The number of aromatic hydroxyl groups is 1. The van der Waals surface area contributed by atoms with Gasteiger partial charge in [0.15, 0.2) is 0 Å². The topological polar surface area (TPSA) is 65.4 Å². The molecule has 1 fully saturated rings. The van der Waals surface area contributed by atoms with Gasteiger partial charge in [0.1, 0.15) is 5.75 Å². The summed E-state index contributed by atoms with van der Waals surface area (Å²) in [6.07, 6.45) is 3.75. The molecule has 0 aliphatic carbocycles. The van der Waals surface area contributed by atoms with E-state index in [1.165, 1.54) is 0 Å². The molecule has 1 aromatic heterocycles. The van der Waals surface area contributed by atoms with Crippen molar-refractivity contribution in [2.24, 2.45) is 0 Å². The van der Waals surface area contributed by atoms with Crippen molar-refractivity contribution < 1.29 is 10.2 Å². The van der Waals surface area contributed by atoms with Crippen LogP contribution in [0.1, 0.15) is 35.7 Å². The first kappa shape index (κ1) is 10.4. The van der Waals surface area contributed by atoms with E-state index in [1.807, 2.05) is 0 Å².